The molecule has 5 heteroatoms. The molecule has 0 aromatic carbocycles. The molecule has 1 heterocycles. The SMILES string of the molecule is CC(C)(C)c1cc(C(=O)NC2CCC2)cc(NN)n1. The van der Waals surface area contributed by atoms with Crippen molar-refractivity contribution < 1.29 is 4.79 Å². The van der Waals surface area contributed by atoms with Crippen LogP contribution in [0.15, 0.2) is 12.1 Å². The Labute approximate surface area is 114 Å². The first-order valence-corrected chi connectivity index (χ1v) is 6.70. The van der Waals surface area contributed by atoms with Gasteiger partial charge in [0, 0.05) is 22.7 Å². The van der Waals surface area contributed by atoms with Crippen LogP contribution in [0, 0.1) is 0 Å². The molecule has 19 heavy (non-hydrogen) atoms. The van der Waals surface area contributed by atoms with Gasteiger partial charge in [0.2, 0.25) is 0 Å². The third-order valence-electron chi connectivity index (χ3n) is 3.44. The molecule has 0 aliphatic heterocycles. The normalized spacial score (nSPS) is 15.8. The van der Waals surface area contributed by atoms with Crippen LogP contribution in [0.2, 0.25) is 0 Å². The number of nitrogens with one attached hydrogen (secondary N) is 2. The molecule has 1 saturated carbocycles. The van der Waals surface area contributed by atoms with Crippen molar-refractivity contribution in [2.45, 2.75) is 51.5 Å². The van der Waals surface area contributed by atoms with Crippen LogP contribution in [0.3, 0.4) is 0 Å². The highest BCUT2D eigenvalue weighted by Gasteiger charge is 2.22. The standard InChI is InChI=1S/C14H22N4O/c1-14(2,3)11-7-9(8-12(17-11)18-15)13(19)16-10-5-4-6-10/h7-8,10H,4-6,15H2,1-3H3,(H,16,19)(H,17,18). The topological polar surface area (TPSA) is 80.0 Å². The molecular formula is C14H22N4O. The highest BCUT2D eigenvalue weighted by molar-refractivity contribution is 5.95. The van der Waals surface area contributed by atoms with Gasteiger partial charge in [-0.1, -0.05) is 20.8 Å². The zero-order chi connectivity index (χ0) is 14.0. The van der Waals surface area contributed by atoms with Crippen LogP contribution < -0.4 is 16.6 Å². The van der Waals surface area contributed by atoms with Gasteiger partial charge in [-0.05, 0) is 31.4 Å². The number of hydrogen-bond donors (Lipinski definition) is 3. The lowest BCUT2D eigenvalue weighted by molar-refractivity contribution is 0.0916. The summed E-state index contributed by atoms with van der Waals surface area (Å²) < 4.78 is 0. The molecule has 1 aliphatic rings. The zero-order valence-corrected chi connectivity index (χ0v) is 11.8. The summed E-state index contributed by atoms with van der Waals surface area (Å²) in [7, 11) is 0. The van der Waals surface area contributed by atoms with Gasteiger partial charge in [-0.3, -0.25) is 4.79 Å². The number of hydrogen-bond acceptors (Lipinski definition) is 4. The molecule has 1 fully saturated rings. The van der Waals surface area contributed by atoms with E-state index >= 15 is 0 Å². The fourth-order valence-corrected chi connectivity index (χ4v) is 1.94. The van der Waals surface area contributed by atoms with E-state index in [0.29, 0.717) is 17.4 Å². The Morgan fingerprint density at radius 1 is 1.37 bits per heavy atom. The number of nitrogen functional groups attached to an aromatic ring is 1. The van der Waals surface area contributed by atoms with Crippen LogP contribution in [0.1, 0.15) is 56.1 Å². The fraction of sp³-hybridized carbons (Fsp3) is 0.571. The molecule has 4 N–H and O–H groups in total. The van der Waals surface area contributed by atoms with Crippen LogP contribution in [0.4, 0.5) is 5.82 Å². The summed E-state index contributed by atoms with van der Waals surface area (Å²) in [5.74, 6) is 5.90. The van der Waals surface area contributed by atoms with Gasteiger partial charge in [-0.2, -0.15) is 0 Å². The second-order valence-electron chi connectivity index (χ2n) is 6.12. The predicted molar refractivity (Wildman–Crippen MR) is 75.9 cm³/mol. The Morgan fingerprint density at radius 2 is 2.05 bits per heavy atom. The van der Waals surface area contributed by atoms with E-state index in [2.05, 4.69) is 36.5 Å². The van der Waals surface area contributed by atoms with Crippen molar-refractivity contribution in [3.05, 3.63) is 23.4 Å². The Bertz CT molecular complexity index is 475. The maximum Gasteiger partial charge on any atom is 0.251 e. The quantitative estimate of drug-likeness (QED) is 0.574. The van der Waals surface area contributed by atoms with E-state index in [4.69, 9.17) is 5.84 Å². The van der Waals surface area contributed by atoms with E-state index in [1.165, 1.54) is 6.42 Å². The second kappa shape index (κ2) is 5.17. The first-order chi connectivity index (χ1) is 8.90. The highest BCUT2D eigenvalue weighted by Crippen LogP contribution is 2.24. The minimum atomic E-state index is -0.127. The largest absolute Gasteiger partial charge is 0.349 e. The second-order valence-corrected chi connectivity index (χ2v) is 6.12. The Hall–Kier alpha value is -1.62. The van der Waals surface area contributed by atoms with E-state index < -0.39 is 0 Å². The third-order valence-corrected chi connectivity index (χ3v) is 3.44. The van der Waals surface area contributed by atoms with Crippen LogP contribution in [-0.4, -0.2) is 16.9 Å². The first kappa shape index (κ1) is 13.8. The molecule has 1 amide bonds. The van der Waals surface area contributed by atoms with Gasteiger partial charge in [0.05, 0.1) is 0 Å². The number of aromatic nitrogens is 1. The molecule has 1 aromatic rings. The van der Waals surface area contributed by atoms with Gasteiger partial charge in [0.25, 0.3) is 5.91 Å². The summed E-state index contributed by atoms with van der Waals surface area (Å²) in [5, 5.41) is 3.03. The number of pyridine rings is 1. The molecule has 0 saturated heterocycles. The van der Waals surface area contributed by atoms with Gasteiger partial charge in [0.15, 0.2) is 0 Å². The first-order valence-electron chi connectivity index (χ1n) is 6.70. The Kier molecular flexibility index (Phi) is 3.75. The Balaban J connectivity index is 2.25. The van der Waals surface area contributed by atoms with Gasteiger partial charge < -0.3 is 10.7 Å². The van der Waals surface area contributed by atoms with Crippen LogP contribution in [0.5, 0.6) is 0 Å². The zero-order valence-electron chi connectivity index (χ0n) is 11.8. The van der Waals surface area contributed by atoms with E-state index in [-0.39, 0.29) is 11.3 Å². The van der Waals surface area contributed by atoms with Crippen LogP contribution in [-0.2, 0) is 5.41 Å². The number of carbonyl (C=O) groups is 1. The summed E-state index contributed by atoms with van der Waals surface area (Å²) in [4.78, 5) is 16.6. The maximum atomic E-state index is 12.2. The van der Waals surface area contributed by atoms with Crippen molar-refractivity contribution >= 4 is 11.7 Å². The monoisotopic (exact) mass is 262 g/mol. The number of amides is 1. The average Bonchev–Trinajstić information content (AvgIpc) is 2.31. The number of carbonyl (C=O) groups excluding carboxylic acids is 1. The molecular weight excluding hydrogens is 240 g/mol. The highest BCUT2D eigenvalue weighted by atomic mass is 16.1. The van der Waals surface area contributed by atoms with Crippen molar-refractivity contribution in [1.29, 1.82) is 0 Å². The molecule has 5 nitrogen and oxygen atoms in total. The summed E-state index contributed by atoms with van der Waals surface area (Å²) in [6, 6.07) is 3.85. The molecule has 104 valence electrons. The number of nitrogens with zero attached hydrogens (tertiary/aromatic N) is 1. The van der Waals surface area contributed by atoms with Crippen molar-refractivity contribution in [3.8, 4) is 0 Å². The summed E-state index contributed by atoms with van der Waals surface area (Å²) >= 11 is 0. The van der Waals surface area contributed by atoms with Gasteiger partial charge in [-0.25, -0.2) is 10.8 Å². The van der Waals surface area contributed by atoms with E-state index in [9.17, 15) is 4.79 Å². The van der Waals surface area contributed by atoms with E-state index in [1.54, 1.807) is 6.07 Å². The van der Waals surface area contributed by atoms with Crippen LogP contribution >= 0.6 is 0 Å². The molecule has 0 atom stereocenters. The predicted octanol–water partition coefficient (Wildman–Crippen LogP) is 1.95. The number of anilines is 1. The molecule has 0 spiro atoms. The Morgan fingerprint density at radius 3 is 2.53 bits per heavy atom. The summed E-state index contributed by atoms with van der Waals surface area (Å²) in [5.41, 5.74) is 3.86. The minimum absolute atomic E-state index is 0.0471. The molecule has 0 bridgehead atoms. The third kappa shape index (κ3) is 3.23. The molecule has 0 unspecified atom stereocenters. The van der Waals surface area contributed by atoms with Gasteiger partial charge >= 0.3 is 0 Å². The molecule has 1 aromatic heterocycles. The number of nitrogens with two attached hydrogens (primary N) is 1. The van der Waals surface area contributed by atoms with Crippen LogP contribution in [0.25, 0.3) is 0 Å². The lowest BCUT2D eigenvalue weighted by Gasteiger charge is -2.27. The van der Waals surface area contributed by atoms with Gasteiger partial charge in [-0.15, -0.1) is 0 Å². The minimum Gasteiger partial charge on any atom is -0.349 e. The van der Waals surface area contributed by atoms with E-state index in [0.717, 1.165) is 18.5 Å². The molecule has 0 radical (unpaired) electrons. The summed E-state index contributed by atoms with van der Waals surface area (Å²) in [6.07, 6.45) is 3.35. The van der Waals surface area contributed by atoms with Gasteiger partial charge in [0.1, 0.15) is 5.82 Å². The van der Waals surface area contributed by atoms with Crippen molar-refractivity contribution in [2.24, 2.45) is 5.84 Å². The maximum absolute atomic E-state index is 12.2. The number of rotatable bonds is 3. The molecule has 1 aliphatic carbocycles. The lowest BCUT2D eigenvalue weighted by Crippen LogP contribution is -2.39. The molecule has 2 rings (SSSR count). The van der Waals surface area contributed by atoms with Crippen molar-refractivity contribution in [2.75, 3.05) is 5.43 Å². The average molecular weight is 262 g/mol. The fourth-order valence-electron chi connectivity index (χ4n) is 1.94. The van der Waals surface area contributed by atoms with E-state index in [1.807, 2.05) is 6.07 Å². The van der Waals surface area contributed by atoms with Crippen molar-refractivity contribution in [1.82, 2.24) is 10.3 Å². The smallest absolute Gasteiger partial charge is 0.251 e. The lowest BCUT2D eigenvalue weighted by atomic mass is 9.90. The van der Waals surface area contributed by atoms with Crippen molar-refractivity contribution in [3.63, 3.8) is 0 Å². The number of hydrazine groups is 1. The summed E-state index contributed by atoms with van der Waals surface area (Å²) in [6.45, 7) is 6.18.